The summed E-state index contributed by atoms with van der Waals surface area (Å²) in [5.41, 5.74) is 2.85. The number of nitrogens with zero attached hydrogens (tertiary/aromatic N) is 2. The Kier molecular flexibility index (Phi) is 5.43. The van der Waals surface area contributed by atoms with Crippen molar-refractivity contribution in [2.45, 2.75) is 32.9 Å². The minimum absolute atomic E-state index is 0.0536. The van der Waals surface area contributed by atoms with Crippen molar-refractivity contribution in [2.24, 2.45) is 0 Å². The Morgan fingerprint density at radius 3 is 2.86 bits per heavy atom. The maximum absolute atomic E-state index is 12.1. The van der Waals surface area contributed by atoms with Crippen LogP contribution in [0.2, 0.25) is 5.02 Å². The number of amides is 1. The van der Waals surface area contributed by atoms with Crippen molar-refractivity contribution in [3.8, 4) is 16.2 Å². The van der Waals surface area contributed by atoms with Crippen molar-refractivity contribution in [1.29, 1.82) is 0 Å². The van der Waals surface area contributed by atoms with Gasteiger partial charge >= 0.3 is 0 Å². The lowest BCUT2D eigenvalue weighted by molar-refractivity contribution is -0.122. The van der Waals surface area contributed by atoms with Crippen molar-refractivity contribution < 1.29 is 14.3 Å². The van der Waals surface area contributed by atoms with Crippen LogP contribution in [0.1, 0.15) is 27.9 Å². The lowest BCUT2D eigenvalue weighted by Crippen LogP contribution is -2.36. The van der Waals surface area contributed by atoms with Gasteiger partial charge in [-0.1, -0.05) is 11.6 Å². The molecule has 4 rings (SSSR count). The average Bonchev–Trinajstić information content (AvgIpc) is 3.39. The SMILES string of the molecule is CC(=O)c1ccc(-c2cc(Cl)c3c(c2)C[C@H](CNC(=O)Cn2ccc(C)n2)O3)s1. The van der Waals surface area contributed by atoms with Crippen molar-refractivity contribution in [2.75, 3.05) is 6.54 Å². The Morgan fingerprint density at radius 2 is 2.17 bits per heavy atom. The van der Waals surface area contributed by atoms with Crippen LogP contribution in [0.4, 0.5) is 0 Å². The summed E-state index contributed by atoms with van der Waals surface area (Å²) in [6.07, 6.45) is 2.27. The number of benzene rings is 1. The highest BCUT2D eigenvalue weighted by molar-refractivity contribution is 7.17. The molecule has 3 heterocycles. The van der Waals surface area contributed by atoms with Gasteiger partial charge in [-0.25, -0.2) is 0 Å². The number of fused-ring (bicyclic) bond motifs is 1. The van der Waals surface area contributed by atoms with Crippen LogP contribution in [0, 0.1) is 6.92 Å². The minimum Gasteiger partial charge on any atom is -0.486 e. The minimum atomic E-state index is -0.169. The van der Waals surface area contributed by atoms with Gasteiger partial charge in [0, 0.05) is 23.1 Å². The van der Waals surface area contributed by atoms with Gasteiger partial charge in [-0.2, -0.15) is 5.10 Å². The number of ether oxygens (including phenoxy) is 1. The molecule has 3 aromatic rings. The molecule has 150 valence electrons. The summed E-state index contributed by atoms with van der Waals surface area (Å²) < 4.78 is 7.56. The fraction of sp³-hybridized carbons (Fsp3) is 0.286. The topological polar surface area (TPSA) is 73.2 Å². The predicted octanol–water partition coefficient (Wildman–Crippen LogP) is 3.90. The first-order chi connectivity index (χ1) is 13.9. The Hall–Kier alpha value is -2.64. The maximum Gasteiger partial charge on any atom is 0.241 e. The highest BCUT2D eigenvalue weighted by Crippen LogP contribution is 2.41. The number of aromatic nitrogens is 2. The standard InChI is InChI=1S/C21H20ClN3O3S/c1-12-5-6-25(24-12)11-20(27)23-10-16-8-15-7-14(9-17(22)21(15)28-16)19-4-3-18(29-19)13(2)26/h3-7,9,16H,8,10-11H2,1-2H3,(H,23,27)/t16-/m1/s1. The number of nitrogens with one attached hydrogen (secondary N) is 1. The first-order valence-electron chi connectivity index (χ1n) is 9.26. The molecule has 0 bridgehead atoms. The van der Waals surface area contributed by atoms with Crippen LogP contribution in [-0.2, 0) is 17.8 Å². The number of aryl methyl sites for hydroxylation is 1. The number of carbonyl (C=O) groups is 2. The van der Waals surface area contributed by atoms with Crippen LogP contribution >= 0.6 is 22.9 Å². The predicted molar refractivity (Wildman–Crippen MR) is 113 cm³/mol. The molecule has 0 unspecified atom stereocenters. The number of hydrogen-bond acceptors (Lipinski definition) is 5. The lowest BCUT2D eigenvalue weighted by atomic mass is 10.1. The molecule has 0 saturated heterocycles. The molecule has 0 aliphatic carbocycles. The van der Waals surface area contributed by atoms with Crippen LogP contribution in [-0.4, -0.2) is 34.1 Å². The third-order valence-electron chi connectivity index (χ3n) is 4.70. The fourth-order valence-corrected chi connectivity index (χ4v) is 4.48. The van der Waals surface area contributed by atoms with Crippen LogP contribution in [0.25, 0.3) is 10.4 Å². The number of thiophene rings is 1. The van der Waals surface area contributed by atoms with Crippen LogP contribution in [0.3, 0.4) is 0 Å². The van der Waals surface area contributed by atoms with E-state index in [9.17, 15) is 9.59 Å². The molecular formula is C21H20ClN3O3S. The van der Waals surface area contributed by atoms with E-state index >= 15 is 0 Å². The van der Waals surface area contributed by atoms with Crippen LogP contribution in [0.5, 0.6) is 5.75 Å². The van der Waals surface area contributed by atoms with Gasteiger partial charge in [0.25, 0.3) is 0 Å². The molecule has 1 amide bonds. The van der Waals surface area contributed by atoms with E-state index in [1.807, 2.05) is 37.3 Å². The molecule has 1 aromatic carbocycles. The molecule has 29 heavy (non-hydrogen) atoms. The summed E-state index contributed by atoms with van der Waals surface area (Å²) >= 11 is 7.90. The van der Waals surface area contributed by atoms with E-state index in [2.05, 4.69) is 10.4 Å². The summed E-state index contributed by atoms with van der Waals surface area (Å²) in [6.45, 7) is 4.01. The molecule has 1 atom stereocenters. The molecule has 1 N–H and O–H groups in total. The van der Waals surface area contributed by atoms with E-state index in [1.165, 1.54) is 11.3 Å². The molecular weight excluding hydrogens is 410 g/mol. The van der Waals surface area contributed by atoms with E-state index < -0.39 is 0 Å². The lowest BCUT2D eigenvalue weighted by Gasteiger charge is -2.12. The zero-order valence-corrected chi connectivity index (χ0v) is 17.6. The van der Waals surface area contributed by atoms with Crippen molar-refractivity contribution in [3.63, 3.8) is 0 Å². The third kappa shape index (κ3) is 4.36. The van der Waals surface area contributed by atoms with Gasteiger partial charge in [0.05, 0.1) is 22.1 Å². The van der Waals surface area contributed by atoms with Gasteiger partial charge in [-0.15, -0.1) is 11.3 Å². The van der Waals surface area contributed by atoms with E-state index in [4.69, 9.17) is 16.3 Å². The number of rotatable bonds is 6. The summed E-state index contributed by atoms with van der Waals surface area (Å²) in [4.78, 5) is 25.4. The molecule has 0 radical (unpaired) electrons. The Labute approximate surface area is 177 Å². The van der Waals surface area contributed by atoms with Crippen LogP contribution in [0.15, 0.2) is 36.5 Å². The van der Waals surface area contributed by atoms with E-state index in [0.29, 0.717) is 23.7 Å². The van der Waals surface area contributed by atoms with Gasteiger partial charge in [-0.3, -0.25) is 14.3 Å². The van der Waals surface area contributed by atoms with Gasteiger partial charge in [-0.05, 0) is 49.7 Å². The second-order valence-electron chi connectivity index (χ2n) is 7.07. The van der Waals surface area contributed by atoms with Gasteiger partial charge in [0.2, 0.25) is 5.91 Å². The summed E-state index contributed by atoms with van der Waals surface area (Å²) in [7, 11) is 0. The van der Waals surface area contributed by atoms with E-state index in [1.54, 1.807) is 17.8 Å². The number of ketones is 1. The Balaban J connectivity index is 1.40. The molecule has 1 aliphatic rings. The highest BCUT2D eigenvalue weighted by atomic mass is 35.5. The second-order valence-corrected chi connectivity index (χ2v) is 8.56. The summed E-state index contributed by atoms with van der Waals surface area (Å²) in [5, 5.41) is 7.65. The summed E-state index contributed by atoms with van der Waals surface area (Å²) in [5.74, 6) is 0.605. The highest BCUT2D eigenvalue weighted by Gasteiger charge is 2.26. The maximum atomic E-state index is 12.1. The van der Waals surface area contributed by atoms with Crippen LogP contribution < -0.4 is 10.1 Å². The fourth-order valence-electron chi connectivity index (χ4n) is 3.31. The summed E-state index contributed by atoms with van der Waals surface area (Å²) in [6, 6.07) is 9.53. The average molecular weight is 430 g/mol. The van der Waals surface area contributed by atoms with E-state index in [0.717, 1.165) is 26.6 Å². The Morgan fingerprint density at radius 1 is 1.34 bits per heavy atom. The molecule has 0 saturated carbocycles. The normalized spacial score (nSPS) is 15.1. The quantitative estimate of drug-likeness (QED) is 0.603. The first kappa shape index (κ1) is 19.7. The number of carbonyl (C=O) groups excluding carboxylic acids is 2. The van der Waals surface area contributed by atoms with Gasteiger partial charge in [0.1, 0.15) is 18.4 Å². The zero-order valence-electron chi connectivity index (χ0n) is 16.1. The van der Waals surface area contributed by atoms with Crippen molar-refractivity contribution in [3.05, 3.63) is 57.7 Å². The number of Topliss-reactive ketones (excluding diaryl/α,β-unsaturated/α-hetero) is 1. The van der Waals surface area contributed by atoms with Gasteiger partial charge in [0.15, 0.2) is 5.78 Å². The monoisotopic (exact) mass is 429 g/mol. The largest absolute Gasteiger partial charge is 0.486 e. The molecule has 8 heteroatoms. The van der Waals surface area contributed by atoms with Crippen molar-refractivity contribution in [1.82, 2.24) is 15.1 Å². The van der Waals surface area contributed by atoms with Gasteiger partial charge < -0.3 is 10.1 Å². The molecule has 6 nitrogen and oxygen atoms in total. The number of hydrogen-bond donors (Lipinski definition) is 1. The molecule has 0 spiro atoms. The Bertz CT molecular complexity index is 1090. The first-order valence-corrected chi connectivity index (χ1v) is 10.5. The third-order valence-corrected chi connectivity index (χ3v) is 6.21. The molecule has 1 aliphatic heterocycles. The molecule has 0 fully saturated rings. The van der Waals surface area contributed by atoms with Crippen molar-refractivity contribution >= 4 is 34.6 Å². The second kappa shape index (κ2) is 8.00. The number of halogens is 1. The zero-order chi connectivity index (χ0) is 20.5. The van der Waals surface area contributed by atoms with E-state index in [-0.39, 0.29) is 24.3 Å². The smallest absolute Gasteiger partial charge is 0.241 e. The molecule has 2 aromatic heterocycles.